The van der Waals surface area contributed by atoms with Crippen LogP contribution in [-0.4, -0.2) is 91.3 Å². The van der Waals surface area contributed by atoms with E-state index in [4.69, 9.17) is 19.2 Å². The molecule has 0 spiro atoms. The van der Waals surface area contributed by atoms with Crippen molar-refractivity contribution in [1.82, 2.24) is 24.8 Å². The van der Waals surface area contributed by atoms with Gasteiger partial charge in [-0.25, -0.2) is 9.31 Å². The fraction of sp³-hybridized carbons (Fsp3) is 0.500. The Morgan fingerprint density at radius 1 is 1.19 bits per heavy atom. The number of pyridine rings is 1. The third-order valence-electron chi connectivity index (χ3n) is 7.56. The van der Waals surface area contributed by atoms with E-state index in [1.165, 1.54) is 0 Å². The molecule has 0 radical (unpaired) electrons. The summed E-state index contributed by atoms with van der Waals surface area (Å²) in [6.45, 7) is 5.53. The minimum Gasteiger partial charge on any atom is -0.441 e. The molecule has 1 amide bonds. The maximum Gasteiger partial charge on any atom is 0.410 e. The number of carbonyl (C=O) groups excluding carboxylic acids is 1. The van der Waals surface area contributed by atoms with Crippen LogP contribution in [0.4, 0.5) is 10.5 Å². The number of hydrogen-bond acceptors (Lipinski definition) is 8. The molecule has 3 fully saturated rings. The van der Waals surface area contributed by atoms with Gasteiger partial charge in [0.15, 0.2) is 6.10 Å². The second-order valence-electron chi connectivity index (χ2n) is 9.70. The van der Waals surface area contributed by atoms with Crippen LogP contribution in [0.5, 0.6) is 0 Å². The molecule has 10 heteroatoms. The van der Waals surface area contributed by atoms with Crippen LogP contribution in [0.3, 0.4) is 0 Å². The summed E-state index contributed by atoms with van der Waals surface area (Å²) in [6, 6.07) is 8.36. The second-order valence-corrected chi connectivity index (χ2v) is 9.70. The average molecular weight is 493 g/mol. The van der Waals surface area contributed by atoms with Crippen molar-refractivity contribution >= 4 is 17.3 Å². The molecule has 0 bridgehead atoms. The highest BCUT2D eigenvalue weighted by Gasteiger charge is 2.34. The molecule has 3 aromatic heterocycles. The highest BCUT2D eigenvalue weighted by molar-refractivity contribution is 5.79. The zero-order chi connectivity index (χ0) is 24.5. The summed E-state index contributed by atoms with van der Waals surface area (Å²) in [5.41, 5.74) is 4.82. The Hall–Kier alpha value is -3.21. The Morgan fingerprint density at radius 3 is 2.72 bits per heavy atom. The topological polar surface area (TPSA) is 93.5 Å². The van der Waals surface area contributed by atoms with Crippen LogP contribution in [-0.2, 0) is 19.8 Å². The number of methoxy groups -OCH3 is 1. The fourth-order valence-corrected chi connectivity index (χ4v) is 5.29. The van der Waals surface area contributed by atoms with Gasteiger partial charge in [0.2, 0.25) is 0 Å². The van der Waals surface area contributed by atoms with E-state index >= 15 is 0 Å². The van der Waals surface area contributed by atoms with Crippen LogP contribution >= 0.6 is 0 Å². The molecule has 1 atom stereocenters. The molecule has 3 aliphatic heterocycles. The van der Waals surface area contributed by atoms with Crippen molar-refractivity contribution in [3.63, 3.8) is 0 Å². The third kappa shape index (κ3) is 4.29. The lowest BCUT2D eigenvalue weighted by Gasteiger charge is -2.37. The number of nitrogens with one attached hydrogen (secondary N) is 1. The van der Waals surface area contributed by atoms with Gasteiger partial charge in [-0.15, -0.1) is 0 Å². The van der Waals surface area contributed by atoms with E-state index in [2.05, 4.69) is 33.5 Å². The standard InChI is InChI=1S/C26H32N6O4/c1-34-26(6-2-7-27-18-26)20-3-4-22(28-14-20)19-13-24-23(5-8-29-32(24)15-19)30-9-11-31(12-10-30)25(33)36-21-16-35-17-21/h3-5,8,13-15,21,27H,2,6-7,9-12,16-18H2,1H3/t26-/m1/s1. The Kier molecular flexibility index (Phi) is 6.24. The van der Waals surface area contributed by atoms with E-state index in [1.54, 1.807) is 12.0 Å². The van der Waals surface area contributed by atoms with Gasteiger partial charge in [0.25, 0.3) is 0 Å². The molecule has 0 aliphatic carbocycles. The highest BCUT2D eigenvalue weighted by Crippen LogP contribution is 2.33. The van der Waals surface area contributed by atoms with Gasteiger partial charge in [-0.1, -0.05) is 6.07 Å². The molecule has 190 valence electrons. The van der Waals surface area contributed by atoms with E-state index in [-0.39, 0.29) is 17.8 Å². The van der Waals surface area contributed by atoms with Gasteiger partial charge in [-0.05, 0) is 37.6 Å². The molecule has 0 unspecified atom stereocenters. The first-order valence-corrected chi connectivity index (χ1v) is 12.6. The van der Waals surface area contributed by atoms with Crippen molar-refractivity contribution in [2.45, 2.75) is 24.5 Å². The lowest BCUT2D eigenvalue weighted by atomic mass is 9.87. The Morgan fingerprint density at radius 2 is 2.06 bits per heavy atom. The van der Waals surface area contributed by atoms with Crippen molar-refractivity contribution in [1.29, 1.82) is 0 Å². The van der Waals surface area contributed by atoms with Gasteiger partial charge in [0, 0.05) is 69.6 Å². The lowest BCUT2D eigenvalue weighted by molar-refractivity contribution is -0.104. The van der Waals surface area contributed by atoms with E-state index in [0.29, 0.717) is 26.3 Å². The number of piperazine rings is 1. The summed E-state index contributed by atoms with van der Waals surface area (Å²) < 4.78 is 18.4. The molecule has 3 saturated heterocycles. The molecular weight excluding hydrogens is 460 g/mol. The van der Waals surface area contributed by atoms with Crippen LogP contribution in [0.25, 0.3) is 16.8 Å². The van der Waals surface area contributed by atoms with Gasteiger partial charge in [-0.2, -0.15) is 5.10 Å². The van der Waals surface area contributed by atoms with E-state index in [0.717, 1.165) is 67.0 Å². The largest absolute Gasteiger partial charge is 0.441 e. The average Bonchev–Trinajstić information content (AvgIpc) is 3.36. The summed E-state index contributed by atoms with van der Waals surface area (Å²) in [6.07, 6.45) is 7.50. The Bertz CT molecular complexity index is 1210. The number of ether oxygens (including phenoxy) is 3. The number of piperidine rings is 1. The number of carbonyl (C=O) groups is 1. The SMILES string of the molecule is CO[C@]1(c2ccc(-c3cc4c(N5CCN(C(=O)OC6COC6)CC5)ccnn4c3)nc2)CCCNC1. The smallest absolute Gasteiger partial charge is 0.410 e. The maximum atomic E-state index is 12.4. The Labute approximate surface area is 210 Å². The first-order valence-electron chi connectivity index (χ1n) is 12.6. The summed E-state index contributed by atoms with van der Waals surface area (Å²) in [4.78, 5) is 21.2. The van der Waals surface area contributed by atoms with E-state index < -0.39 is 0 Å². The Balaban J connectivity index is 1.18. The van der Waals surface area contributed by atoms with Crippen LogP contribution in [0.1, 0.15) is 18.4 Å². The van der Waals surface area contributed by atoms with Crippen molar-refractivity contribution in [3.8, 4) is 11.3 Å². The summed E-state index contributed by atoms with van der Waals surface area (Å²) in [7, 11) is 1.78. The molecule has 3 aromatic rings. The quantitative estimate of drug-likeness (QED) is 0.580. The molecule has 36 heavy (non-hydrogen) atoms. The molecule has 0 saturated carbocycles. The number of fused-ring (bicyclic) bond motifs is 1. The molecular formula is C26H32N6O4. The number of amides is 1. The molecule has 6 rings (SSSR count). The van der Waals surface area contributed by atoms with Crippen molar-refractivity contribution < 1.29 is 19.0 Å². The van der Waals surface area contributed by atoms with E-state index in [1.807, 2.05) is 29.2 Å². The van der Waals surface area contributed by atoms with Gasteiger partial charge in [-0.3, -0.25) is 4.98 Å². The highest BCUT2D eigenvalue weighted by atomic mass is 16.6. The molecule has 0 aromatic carbocycles. The normalized spacial score (nSPS) is 23.0. The van der Waals surface area contributed by atoms with Gasteiger partial charge >= 0.3 is 6.09 Å². The molecule has 1 N–H and O–H groups in total. The molecule has 3 aliphatic rings. The number of rotatable bonds is 5. The second kappa shape index (κ2) is 9.68. The monoisotopic (exact) mass is 492 g/mol. The van der Waals surface area contributed by atoms with Crippen molar-refractivity contribution in [3.05, 3.63) is 48.4 Å². The number of aromatic nitrogens is 3. The van der Waals surface area contributed by atoms with Crippen LogP contribution < -0.4 is 10.2 Å². The zero-order valence-corrected chi connectivity index (χ0v) is 20.6. The van der Waals surface area contributed by atoms with E-state index in [9.17, 15) is 4.79 Å². The molecule has 10 nitrogen and oxygen atoms in total. The third-order valence-corrected chi connectivity index (χ3v) is 7.56. The van der Waals surface area contributed by atoms with Gasteiger partial charge < -0.3 is 29.3 Å². The minimum absolute atomic E-state index is 0.100. The minimum atomic E-state index is -0.315. The van der Waals surface area contributed by atoms with Crippen molar-refractivity contribution in [2.24, 2.45) is 0 Å². The first kappa shape index (κ1) is 23.2. The summed E-state index contributed by atoms with van der Waals surface area (Å²) >= 11 is 0. The first-order chi connectivity index (χ1) is 17.6. The predicted molar refractivity (Wildman–Crippen MR) is 134 cm³/mol. The van der Waals surface area contributed by atoms with Crippen LogP contribution in [0.2, 0.25) is 0 Å². The number of nitrogens with zero attached hydrogens (tertiary/aromatic N) is 5. The van der Waals surface area contributed by atoms with Crippen LogP contribution in [0, 0.1) is 0 Å². The van der Waals surface area contributed by atoms with Gasteiger partial charge in [0.1, 0.15) is 5.60 Å². The summed E-state index contributed by atoms with van der Waals surface area (Å²) in [5, 5.41) is 7.97. The number of hydrogen-bond donors (Lipinski definition) is 1. The number of anilines is 1. The van der Waals surface area contributed by atoms with Crippen molar-refractivity contribution in [2.75, 3.05) is 64.5 Å². The lowest BCUT2D eigenvalue weighted by Crippen LogP contribution is -2.51. The zero-order valence-electron chi connectivity index (χ0n) is 20.6. The molecule has 6 heterocycles. The van der Waals surface area contributed by atoms with Crippen LogP contribution in [0.15, 0.2) is 42.9 Å². The fourth-order valence-electron chi connectivity index (χ4n) is 5.29. The maximum absolute atomic E-state index is 12.4. The summed E-state index contributed by atoms with van der Waals surface area (Å²) in [5.74, 6) is 0. The van der Waals surface area contributed by atoms with Gasteiger partial charge in [0.05, 0.1) is 30.1 Å². The predicted octanol–water partition coefficient (Wildman–Crippen LogP) is 2.28.